The van der Waals surface area contributed by atoms with E-state index in [0.29, 0.717) is 5.41 Å². The van der Waals surface area contributed by atoms with Gasteiger partial charge in [-0.3, -0.25) is 4.99 Å². The molecule has 0 spiro atoms. The summed E-state index contributed by atoms with van der Waals surface area (Å²) < 4.78 is 0. The predicted octanol–water partition coefficient (Wildman–Crippen LogP) is 1.87. The van der Waals surface area contributed by atoms with Crippen LogP contribution in [0.4, 0.5) is 0 Å². The Morgan fingerprint density at radius 2 is 2.42 bits per heavy atom. The molecule has 1 saturated carbocycles. The Morgan fingerprint density at radius 3 is 2.92 bits per heavy atom. The van der Waals surface area contributed by atoms with Crippen LogP contribution in [0.5, 0.6) is 0 Å². The first-order chi connectivity index (χ1) is 5.79. The molecule has 0 amide bonds. The van der Waals surface area contributed by atoms with Crippen molar-refractivity contribution < 1.29 is 0 Å². The second-order valence-corrected chi connectivity index (χ2v) is 5.03. The van der Waals surface area contributed by atoms with Gasteiger partial charge >= 0.3 is 0 Å². The SMILES string of the molecule is CC1(CSC2=NCCN2)CCC1. The van der Waals surface area contributed by atoms with Crippen LogP contribution in [-0.4, -0.2) is 24.0 Å². The molecule has 1 N–H and O–H groups in total. The Hall–Kier alpha value is -0.180. The fourth-order valence-corrected chi connectivity index (χ4v) is 2.80. The first kappa shape index (κ1) is 8.42. The molecule has 0 bridgehead atoms. The van der Waals surface area contributed by atoms with Crippen molar-refractivity contribution in [3.8, 4) is 0 Å². The third-order valence-electron chi connectivity index (χ3n) is 2.76. The minimum absolute atomic E-state index is 0.622. The lowest BCUT2D eigenvalue weighted by atomic mass is 9.72. The van der Waals surface area contributed by atoms with Gasteiger partial charge in [-0.15, -0.1) is 0 Å². The van der Waals surface area contributed by atoms with Crippen LogP contribution in [-0.2, 0) is 0 Å². The van der Waals surface area contributed by atoms with Gasteiger partial charge in [0, 0.05) is 12.3 Å². The molecule has 0 saturated heterocycles. The van der Waals surface area contributed by atoms with Crippen LogP contribution in [0.3, 0.4) is 0 Å². The molecule has 2 aliphatic rings. The van der Waals surface area contributed by atoms with Crippen molar-refractivity contribution in [3.63, 3.8) is 0 Å². The van der Waals surface area contributed by atoms with Gasteiger partial charge in [0.05, 0.1) is 6.54 Å². The molecule has 1 aliphatic heterocycles. The van der Waals surface area contributed by atoms with E-state index in [1.54, 1.807) is 0 Å². The van der Waals surface area contributed by atoms with Crippen LogP contribution < -0.4 is 5.32 Å². The van der Waals surface area contributed by atoms with E-state index in [2.05, 4.69) is 17.2 Å². The van der Waals surface area contributed by atoms with Crippen LogP contribution in [0.25, 0.3) is 0 Å². The summed E-state index contributed by atoms with van der Waals surface area (Å²) in [6.45, 7) is 4.40. The summed E-state index contributed by atoms with van der Waals surface area (Å²) in [6.07, 6.45) is 4.25. The number of hydrogen-bond acceptors (Lipinski definition) is 3. The van der Waals surface area contributed by atoms with Crippen LogP contribution in [0.15, 0.2) is 4.99 Å². The number of rotatable bonds is 2. The average Bonchev–Trinajstić information content (AvgIpc) is 2.49. The van der Waals surface area contributed by atoms with Crippen LogP contribution in [0.1, 0.15) is 26.2 Å². The van der Waals surface area contributed by atoms with E-state index in [4.69, 9.17) is 0 Å². The standard InChI is InChI=1S/C9H16N2S/c1-9(3-2-4-9)7-12-8-10-5-6-11-8/h2-7H2,1H3,(H,10,11). The Balaban J connectivity index is 1.74. The Morgan fingerprint density at radius 1 is 1.58 bits per heavy atom. The van der Waals surface area contributed by atoms with Gasteiger partial charge < -0.3 is 5.32 Å². The summed E-state index contributed by atoms with van der Waals surface area (Å²) >= 11 is 1.91. The molecule has 1 fully saturated rings. The lowest BCUT2D eigenvalue weighted by Gasteiger charge is -2.37. The first-order valence-electron chi connectivity index (χ1n) is 4.70. The maximum atomic E-state index is 4.37. The molecule has 0 atom stereocenters. The van der Waals surface area contributed by atoms with Crippen molar-refractivity contribution in [3.05, 3.63) is 0 Å². The normalized spacial score (nSPS) is 25.9. The number of aliphatic imine (C=N–C) groups is 1. The fourth-order valence-electron chi connectivity index (χ4n) is 1.64. The summed E-state index contributed by atoms with van der Waals surface area (Å²) in [4.78, 5) is 4.37. The van der Waals surface area contributed by atoms with Gasteiger partial charge in [-0.25, -0.2) is 0 Å². The highest BCUT2D eigenvalue weighted by Gasteiger charge is 2.32. The van der Waals surface area contributed by atoms with E-state index in [-0.39, 0.29) is 0 Å². The Kier molecular flexibility index (Phi) is 2.31. The van der Waals surface area contributed by atoms with Gasteiger partial charge in [0.1, 0.15) is 0 Å². The minimum Gasteiger partial charge on any atom is -0.363 e. The minimum atomic E-state index is 0.622. The van der Waals surface area contributed by atoms with E-state index in [1.807, 2.05) is 11.8 Å². The van der Waals surface area contributed by atoms with Crippen molar-refractivity contribution in [2.45, 2.75) is 26.2 Å². The number of thioether (sulfide) groups is 1. The van der Waals surface area contributed by atoms with Crippen LogP contribution in [0, 0.1) is 5.41 Å². The highest BCUT2D eigenvalue weighted by molar-refractivity contribution is 8.13. The van der Waals surface area contributed by atoms with E-state index in [0.717, 1.165) is 13.1 Å². The summed E-state index contributed by atoms with van der Waals surface area (Å²) in [6, 6.07) is 0. The molecule has 0 radical (unpaired) electrons. The average molecular weight is 184 g/mol. The first-order valence-corrected chi connectivity index (χ1v) is 5.68. The quantitative estimate of drug-likeness (QED) is 0.708. The van der Waals surface area contributed by atoms with Gasteiger partial charge in [-0.2, -0.15) is 0 Å². The second-order valence-electron chi connectivity index (χ2n) is 4.07. The van der Waals surface area contributed by atoms with Gasteiger partial charge in [0.2, 0.25) is 0 Å². The van der Waals surface area contributed by atoms with Gasteiger partial charge in [-0.1, -0.05) is 25.1 Å². The lowest BCUT2D eigenvalue weighted by Crippen LogP contribution is -2.29. The lowest BCUT2D eigenvalue weighted by molar-refractivity contribution is 0.198. The molecule has 68 valence electrons. The van der Waals surface area contributed by atoms with E-state index in [1.165, 1.54) is 30.2 Å². The van der Waals surface area contributed by atoms with Gasteiger partial charge in [0.15, 0.2) is 5.17 Å². The molecule has 0 unspecified atom stereocenters. The number of nitrogens with zero attached hydrogens (tertiary/aromatic N) is 1. The van der Waals surface area contributed by atoms with E-state index >= 15 is 0 Å². The summed E-state index contributed by atoms with van der Waals surface area (Å²) in [7, 11) is 0. The summed E-state index contributed by atoms with van der Waals surface area (Å²) in [5.41, 5.74) is 0.622. The fraction of sp³-hybridized carbons (Fsp3) is 0.889. The molecule has 1 aliphatic carbocycles. The predicted molar refractivity (Wildman–Crippen MR) is 54.7 cm³/mol. The largest absolute Gasteiger partial charge is 0.363 e. The third kappa shape index (κ3) is 1.76. The van der Waals surface area contributed by atoms with Crippen molar-refractivity contribution in [2.24, 2.45) is 10.4 Å². The molecule has 0 aromatic rings. The van der Waals surface area contributed by atoms with E-state index < -0.39 is 0 Å². The summed E-state index contributed by atoms with van der Waals surface area (Å²) in [5.74, 6) is 1.25. The smallest absolute Gasteiger partial charge is 0.156 e. The zero-order chi connectivity index (χ0) is 8.44. The zero-order valence-electron chi connectivity index (χ0n) is 7.60. The van der Waals surface area contributed by atoms with Crippen LogP contribution in [0.2, 0.25) is 0 Å². The van der Waals surface area contributed by atoms with Crippen molar-refractivity contribution in [2.75, 3.05) is 18.8 Å². The number of amidine groups is 1. The zero-order valence-corrected chi connectivity index (χ0v) is 8.41. The second kappa shape index (κ2) is 3.29. The highest BCUT2D eigenvalue weighted by Crippen LogP contribution is 2.42. The van der Waals surface area contributed by atoms with E-state index in [9.17, 15) is 0 Å². The molecule has 0 aromatic carbocycles. The molecular weight excluding hydrogens is 168 g/mol. The van der Waals surface area contributed by atoms with Crippen LogP contribution >= 0.6 is 11.8 Å². The monoisotopic (exact) mass is 184 g/mol. The Bertz CT molecular complexity index is 197. The summed E-state index contributed by atoms with van der Waals surface area (Å²) in [5, 5.41) is 4.46. The maximum Gasteiger partial charge on any atom is 0.156 e. The molecule has 1 heterocycles. The molecule has 2 nitrogen and oxygen atoms in total. The van der Waals surface area contributed by atoms with Crippen molar-refractivity contribution >= 4 is 16.9 Å². The number of hydrogen-bond donors (Lipinski definition) is 1. The van der Waals surface area contributed by atoms with Gasteiger partial charge in [0.25, 0.3) is 0 Å². The van der Waals surface area contributed by atoms with Crippen molar-refractivity contribution in [1.82, 2.24) is 5.32 Å². The topological polar surface area (TPSA) is 24.4 Å². The number of nitrogens with one attached hydrogen (secondary N) is 1. The molecule has 0 aromatic heterocycles. The molecule has 3 heteroatoms. The molecule has 12 heavy (non-hydrogen) atoms. The van der Waals surface area contributed by atoms with Crippen molar-refractivity contribution in [1.29, 1.82) is 0 Å². The Labute approximate surface area is 78.2 Å². The highest BCUT2D eigenvalue weighted by atomic mass is 32.2. The molecule has 2 rings (SSSR count). The maximum absolute atomic E-state index is 4.37. The third-order valence-corrected chi connectivity index (χ3v) is 4.15. The molecular formula is C9H16N2S. The van der Waals surface area contributed by atoms with Gasteiger partial charge in [-0.05, 0) is 18.3 Å².